The van der Waals surface area contributed by atoms with Crippen LogP contribution in [0.2, 0.25) is 0 Å². The van der Waals surface area contributed by atoms with E-state index >= 15 is 0 Å². The Labute approximate surface area is 199 Å². The number of nitrogens with zero attached hydrogens (tertiary/aromatic N) is 4. The normalized spacial score (nSPS) is 12.2. The van der Waals surface area contributed by atoms with Crippen LogP contribution in [0.3, 0.4) is 0 Å². The Hall–Kier alpha value is -2.46. The minimum atomic E-state index is -4.82. The number of nitro benzene ring substituents is 1. The van der Waals surface area contributed by atoms with E-state index < -0.39 is 48.1 Å². The van der Waals surface area contributed by atoms with Gasteiger partial charge in [-0.3, -0.25) is 14.7 Å². The fourth-order valence-corrected chi connectivity index (χ4v) is 4.98. The van der Waals surface area contributed by atoms with Crippen molar-refractivity contribution in [1.82, 2.24) is 0 Å². The van der Waals surface area contributed by atoms with Gasteiger partial charge in [0.25, 0.3) is 5.69 Å². The minimum absolute atomic E-state index is 0.00511. The van der Waals surface area contributed by atoms with Gasteiger partial charge in [-0.25, -0.2) is 12.6 Å². The molecule has 0 aromatic heterocycles. The van der Waals surface area contributed by atoms with Crippen molar-refractivity contribution in [2.45, 2.75) is 18.7 Å². The van der Waals surface area contributed by atoms with Gasteiger partial charge in [0.05, 0.1) is 32.3 Å². The maximum absolute atomic E-state index is 12.4. The first kappa shape index (κ1) is 26.8. The molecule has 0 unspecified atom stereocenters. The maximum Gasteiger partial charge on any atom is 0.397 e. The Kier molecular flexibility index (Phi) is 9.02. The highest BCUT2D eigenvalue weighted by Crippen LogP contribution is 2.39. The first-order valence-electron chi connectivity index (χ1n) is 9.47. The van der Waals surface area contributed by atoms with Gasteiger partial charge in [-0.15, -0.1) is 5.11 Å². The van der Waals surface area contributed by atoms with Crippen LogP contribution in [0.5, 0.6) is 0 Å². The van der Waals surface area contributed by atoms with E-state index in [2.05, 4.69) is 35.2 Å². The average molecular weight is 565 g/mol. The molecule has 0 heterocycles. The lowest BCUT2D eigenvalue weighted by Gasteiger charge is -2.20. The summed E-state index contributed by atoms with van der Waals surface area (Å²) in [7, 11) is -9.00. The SMILES string of the molecule is CCN(CC)c1ccc(N=Nc2c(Br)cc(S(=O)(=O)CCOS(=O)(=O)O)cc2[N+](=O)[O-])cc1. The third-order valence-corrected chi connectivity index (χ3v) is 7.13. The van der Waals surface area contributed by atoms with Gasteiger partial charge in [-0.2, -0.15) is 13.5 Å². The number of azo groups is 1. The quantitative estimate of drug-likeness (QED) is 0.181. The highest BCUT2D eigenvalue weighted by atomic mass is 79.9. The van der Waals surface area contributed by atoms with Crippen LogP contribution in [0.1, 0.15) is 13.8 Å². The molecule has 0 aliphatic carbocycles. The summed E-state index contributed by atoms with van der Waals surface area (Å²) in [5.41, 5.74) is 0.605. The number of rotatable bonds is 11. The zero-order valence-corrected chi connectivity index (χ0v) is 20.8. The average Bonchev–Trinajstić information content (AvgIpc) is 2.73. The largest absolute Gasteiger partial charge is 0.397 e. The summed E-state index contributed by atoms with van der Waals surface area (Å²) >= 11 is 3.09. The monoisotopic (exact) mass is 564 g/mol. The van der Waals surface area contributed by atoms with Crippen molar-refractivity contribution in [3.8, 4) is 0 Å². The lowest BCUT2D eigenvalue weighted by atomic mass is 10.2. The summed E-state index contributed by atoms with van der Waals surface area (Å²) in [5.74, 6) is -0.837. The van der Waals surface area contributed by atoms with E-state index in [9.17, 15) is 26.9 Å². The standard InChI is InChI=1S/C18H21BrN4O8S2/c1-3-22(4-2)14-7-5-13(6-8-14)20-21-18-16(19)11-15(12-17(18)23(24)25)32(26,27)10-9-31-33(28,29)30/h5-8,11-12H,3-4,9-10H2,1-2H3,(H,28,29,30). The molecule has 2 aromatic carbocycles. The molecule has 0 aliphatic rings. The molecule has 0 spiro atoms. The molecule has 33 heavy (non-hydrogen) atoms. The smallest absolute Gasteiger partial charge is 0.372 e. The van der Waals surface area contributed by atoms with Crippen LogP contribution < -0.4 is 4.90 Å². The highest BCUT2D eigenvalue weighted by Gasteiger charge is 2.25. The van der Waals surface area contributed by atoms with Crippen molar-refractivity contribution in [2.75, 3.05) is 30.3 Å². The summed E-state index contributed by atoms with van der Waals surface area (Å²) in [4.78, 5) is 12.4. The minimum Gasteiger partial charge on any atom is -0.372 e. The Balaban J connectivity index is 2.34. The number of hydrogen-bond donors (Lipinski definition) is 1. The topological polar surface area (TPSA) is 169 Å². The van der Waals surface area contributed by atoms with Crippen LogP contribution in [0.25, 0.3) is 0 Å². The molecule has 0 radical (unpaired) electrons. The van der Waals surface area contributed by atoms with E-state index in [4.69, 9.17) is 4.55 Å². The molecule has 0 saturated carbocycles. The molecule has 0 atom stereocenters. The third-order valence-electron chi connectivity index (χ3n) is 4.40. The summed E-state index contributed by atoms with van der Waals surface area (Å²) in [6, 6.07) is 8.97. The molecule has 0 aliphatic heterocycles. The number of nitro groups is 1. The zero-order chi connectivity index (χ0) is 24.8. The Morgan fingerprint density at radius 3 is 2.21 bits per heavy atom. The molecule has 180 valence electrons. The first-order chi connectivity index (χ1) is 15.4. The molecule has 0 bridgehead atoms. The predicted octanol–water partition coefficient (Wildman–Crippen LogP) is 4.21. The van der Waals surface area contributed by atoms with E-state index in [1.54, 1.807) is 12.1 Å². The van der Waals surface area contributed by atoms with Crippen LogP contribution in [0.15, 0.2) is 56.0 Å². The van der Waals surface area contributed by atoms with Gasteiger partial charge in [-0.05, 0) is 60.1 Å². The van der Waals surface area contributed by atoms with E-state index in [1.165, 1.54) is 0 Å². The fraction of sp³-hybridized carbons (Fsp3) is 0.333. The second-order valence-electron chi connectivity index (χ2n) is 6.49. The fourth-order valence-electron chi connectivity index (χ4n) is 2.77. The van der Waals surface area contributed by atoms with Crippen molar-refractivity contribution in [3.63, 3.8) is 0 Å². The number of hydrogen-bond acceptors (Lipinski definition) is 10. The van der Waals surface area contributed by atoms with Crippen LogP contribution in [0.4, 0.5) is 22.7 Å². The maximum atomic E-state index is 12.4. The summed E-state index contributed by atoms with van der Waals surface area (Å²) in [6.45, 7) is 4.84. The van der Waals surface area contributed by atoms with Gasteiger partial charge in [-0.1, -0.05) is 0 Å². The lowest BCUT2D eigenvalue weighted by Crippen LogP contribution is -2.21. The molecule has 0 fully saturated rings. The molecule has 1 N–H and O–H groups in total. The van der Waals surface area contributed by atoms with Gasteiger partial charge in [0.1, 0.15) is 0 Å². The van der Waals surface area contributed by atoms with Gasteiger partial charge in [0.2, 0.25) is 0 Å². The highest BCUT2D eigenvalue weighted by molar-refractivity contribution is 9.10. The second-order valence-corrected chi connectivity index (χ2v) is 10.5. The molecule has 15 heteroatoms. The lowest BCUT2D eigenvalue weighted by molar-refractivity contribution is -0.384. The van der Waals surface area contributed by atoms with Crippen molar-refractivity contribution >= 4 is 58.9 Å². The van der Waals surface area contributed by atoms with Gasteiger partial charge in [0.15, 0.2) is 15.5 Å². The van der Waals surface area contributed by atoms with Crippen molar-refractivity contribution in [1.29, 1.82) is 0 Å². The summed E-state index contributed by atoms with van der Waals surface area (Å²) in [5, 5.41) is 19.5. The second kappa shape index (κ2) is 11.1. The Bertz CT molecular complexity index is 1240. The van der Waals surface area contributed by atoms with Crippen molar-refractivity contribution < 1.29 is 30.5 Å². The first-order valence-corrected chi connectivity index (χ1v) is 13.3. The molecule has 0 saturated heterocycles. The number of halogens is 1. The number of benzene rings is 2. The molecular formula is C18H21BrN4O8S2. The van der Waals surface area contributed by atoms with E-state index in [1.807, 2.05) is 26.0 Å². The van der Waals surface area contributed by atoms with Crippen molar-refractivity contribution in [2.24, 2.45) is 10.2 Å². The molecule has 12 nitrogen and oxygen atoms in total. The van der Waals surface area contributed by atoms with Gasteiger partial charge >= 0.3 is 10.4 Å². The Morgan fingerprint density at radius 2 is 1.70 bits per heavy atom. The summed E-state index contributed by atoms with van der Waals surface area (Å²) in [6.07, 6.45) is 0. The molecule has 2 rings (SSSR count). The summed E-state index contributed by atoms with van der Waals surface area (Å²) < 4.78 is 58.5. The molecule has 0 amide bonds. The van der Waals surface area contributed by atoms with Crippen LogP contribution in [0, 0.1) is 10.1 Å². The molecular weight excluding hydrogens is 544 g/mol. The number of sulfone groups is 1. The molecule has 2 aromatic rings. The predicted molar refractivity (Wildman–Crippen MR) is 125 cm³/mol. The van der Waals surface area contributed by atoms with Gasteiger partial charge in [0, 0.05) is 24.8 Å². The van der Waals surface area contributed by atoms with E-state index in [0.717, 1.165) is 30.9 Å². The third kappa shape index (κ3) is 7.53. The van der Waals surface area contributed by atoms with Crippen LogP contribution in [-0.2, 0) is 24.4 Å². The van der Waals surface area contributed by atoms with Crippen LogP contribution >= 0.6 is 15.9 Å². The van der Waals surface area contributed by atoms with Gasteiger partial charge < -0.3 is 4.90 Å². The van der Waals surface area contributed by atoms with E-state index in [0.29, 0.717) is 5.69 Å². The Morgan fingerprint density at radius 1 is 1.09 bits per heavy atom. The zero-order valence-electron chi connectivity index (χ0n) is 17.6. The number of anilines is 1. The van der Waals surface area contributed by atoms with Crippen LogP contribution in [-0.4, -0.2) is 51.8 Å². The van der Waals surface area contributed by atoms with Crippen molar-refractivity contribution in [3.05, 3.63) is 51.0 Å². The van der Waals surface area contributed by atoms with E-state index in [-0.39, 0.29) is 10.2 Å².